The van der Waals surface area contributed by atoms with Gasteiger partial charge in [0.1, 0.15) is 4.90 Å². The topological polar surface area (TPSA) is 75.4 Å². The highest BCUT2D eigenvalue weighted by Gasteiger charge is 2.34. The van der Waals surface area contributed by atoms with Crippen molar-refractivity contribution in [1.29, 1.82) is 0 Å². The van der Waals surface area contributed by atoms with Gasteiger partial charge in [0.15, 0.2) is 0 Å². The van der Waals surface area contributed by atoms with Crippen molar-refractivity contribution >= 4 is 10.0 Å². The van der Waals surface area contributed by atoms with Gasteiger partial charge in [0.2, 0.25) is 10.0 Å². The van der Waals surface area contributed by atoms with Crippen LogP contribution in [-0.4, -0.2) is 47.3 Å². The van der Waals surface area contributed by atoms with Gasteiger partial charge >= 0.3 is 0 Å². The number of aromatic nitrogens is 2. The van der Waals surface area contributed by atoms with Crippen molar-refractivity contribution < 1.29 is 13.5 Å². The Bertz CT molecular complexity index is 574. The average Bonchev–Trinajstić information content (AvgIpc) is 2.98. The fraction of sp³-hybridized carbons (Fsp3) is 0.769. The summed E-state index contributed by atoms with van der Waals surface area (Å²) in [7, 11) is -1.85. The normalized spacial score (nSPS) is 17.2. The molecule has 1 fully saturated rings. The van der Waals surface area contributed by atoms with E-state index in [2.05, 4.69) is 5.10 Å². The second-order valence-corrected chi connectivity index (χ2v) is 7.34. The molecule has 0 unspecified atom stereocenters. The van der Waals surface area contributed by atoms with E-state index in [1.165, 1.54) is 4.31 Å². The summed E-state index contributed by atoms with van der Waals surface area (Å²) in [4.78, 5) is 0.292. The molecule has 0 radical (unpaired) electrons. The van der Waals surface area contributed by atoms with Crippen LogP contribution in [-0.2, 0) is 16.6 Å². The van der Waals surface area contributed by atoms with Crippen molar-refractivity contribution in [2.24, 2.45) is 0 Å². The zero-order valence-electron chi connectivity index (χ0n) is 12.3. The molecule has 1 aliphatic rings. The lowest BCUT2D eigenvalue weighted by Gasteiger charge is -2.23. The van der Waals surface area contributed by atoms with Crippen molar-refractivity contribution in [3.63, 3.8) is 0 Å². The van der Waals surface area contributed by atoms with E-state index in [1.807, 2.05) is 0 Å². The summed E-state index contributed by atoms with van der Waals surface area (Å²) in [6.07, 6.45) is 4.04. The quantitative estimate of drug-likeness (QED) is 0.882. The summed E-state index contributed by atoms with van der Waals surface area (Å²) in [6.45, 7) is 3.70. The summed E-state index contributed by atoms with van der Waals surface area (Å²) in [6, 6.07) is 0.0972. The van der Waals surface area contributed by atoms with Gasteiger partial charge in [-0.15, -0.1) is 0 Å². The van der Waals surface area contributed by atoms with Crippen molar-refractivity contribution in [3.8, 4) is 0 Å². The number of hydrogen-bond acceptors (Lipinski definition) is 4. The van der Waals surface area contributed by atoms with Crippen LogP contribution in [0.2, 0.25) is 0 Å². The van der Waals surface area contributed by atoms with E-state index in [0.717, 1.165) is 25.7 Å². The van der Waals surface area contributed by atoms with Gasteiger partial charge in [0.05, 0.1) is 24.5 Å². The molecule has 0 bridgehead atoms. The Labute approximate surface area is 120 Å². The first-order chi connectivity index (χ1) is 9.39. The largest absolute Gasteiger partial charge is 0.394 e. The van der Waals surface area contributed by atoms with Crippen LogP contribution in [0.1, 0.15) is 37.1 Å². The predicted molar refractivity (Wildman–Crippen MR) is 76.0 cm³/mol. The van der Waals surface area contributed by atoms with Gasteiger partial charge < -0.3 is 5.11 Å². The Morgan fingerprint density at radius 3 is 2.50 bits per heavy atom. The van der Waals surface area contributed by atoms with E-state index < -0.39 is 10.0 Å². The first-order valence-electron chi connectivity index (χ1n) is 7.02. The number of hydrogen-bond donors (Lipinski definition) is 1. The maximum atomic E-state index is 12.8. The highest BCUT2D eigenvalue weighted by atomic mass is 32.2. The molecule has 114 valence electrons. The van der Waals surface area contributed by atoms with Gasteiger partial charge in [0, 0.05) is 13.1 Å². The van der Waals surface area contributed by atoms with E-state index in [-0.39, 0.29) is 12.6 Å². The lowest BCUT2D eigenvalue weighted by atomic mass is 10.3. The van der Waals surface area contributed by atoms with E-state index in [1.54, 1.807) is 25.6 Å². The third-order valence-corrected chi connectivity index (χ3v) is 6.27. The number of nitrogens with zero attached hydrogens (tertiary/aromatic N) is 3. The monoisotopic (exact) mass is 301 g/mol. The summed E-state index contributed by atoms with van der Waals surface area (Å²) >= 11 is 0. The molecule has 1 saturated carbocycles. The third-order valence-electron chi connectivity index (χ3n) is 4.10. The molecule has 0 aromatic carbocycles. The molecule has 20 heavy (non-hydrogen) atoms. The number of aliphatic hydroxyl groups excluding tert-OH is 1. The predicted octanol–water partition coefficient (Wildman–Crippen LogP) is 1.06. The highest BCUT2D eigenvalue weighted by Crippen LogP contribution is 2.29. The minimum absolute atomic E-state index is 0.0556. The molecule has 6 nitrogen and oxygen atoms in total. The second kappa shape index (κ2) is 5.83. The Morgan fingerprint density at radius 1 is 1.35 bits per heavy atom. The third kappa shape index (κ3) is 2.62. The number of sulfonamides is 1. The maximum absolute atomic E-state index is 12.8. The van der Waals surface area contributed by atoms with Gasteiger partial charge in [-0.2, -0.15) is 9.40 Å². The van der Waals surface area contributed by atoms with Crippen LogP contribution in [0.15, 0.2) is 4.90 Å². The van der Waals surface area contributed by atoms with Crippen LogP contribution in [0, 0.1) is 13.8 Å². The molecule has 1 aromatic heterocycles. The molecular weight excluding hydrogens is 278 g/mol. The first kappa shape index (κ1) is 15.5. The smallest absolute Gasteiger partial charge is 0.246 e. The lowest BCUT2D eigenvalue weighted by molar-refractivity contribution is 0.267. The van der Waals surface area contributed by atoms with Gasteiger partial charge in [-0.1, -0.05) is 12.8 Å². The van der Waals surface area contributed by atoms with E-state index in [4.69, 9.17) is 5.11 Å². The van der Waals surface area contributed by atoms with Gasteiger partial charge in [0.25, 0.3) is 0 Å². The minimum Gasteiger partial charge on any atom is -0.394 e. The van der Waals surface area contributed by atoms with E-state index in [9.17, 15) is 8.42 Å². The van der Waals surface area contributed by atoms with Crippen LogP contribution in [0.4, 0.5) is 0 Å². The van der Waals surface area contributed by atoms with Gasteiger partial charge in [-0.05, 0) is 26.7 Å². The molecule has 0 amide bonds. The standard InChI is InChI=1S/C13H23N3O3S/c1-10-13(11(2)16(14-10)8-9-17)20(18,19)15(3)12-6-4-5-7-12/h12,17H,4-9H2,1-3H3. The summed E-state index contributed by atoms with van der Waals surface area (Å²) in [5.74, 6) is 0. The number of aryl methyl sites for hydroxylation is 1. The highest BCUT2D eigenvalue weighted by molar-refractivity contribution is 7.89. The average molecular weight is 301 g/mol. The molecule has 0 saturated heterocycles. The Hall–Kier alpha value is -0.920. The molecule has 1 aliphatic carbocycles. The Kier molecular flexibility index (Phi) is 4.51. The fourth-order valence-electron chi connectivity index (χ4n) is 2.97. The Morgan fingerprint density at radius 2 is 1.95 bits per heavy atom. The van der Waals surface area contributed by atoms with Crippen molar-refractivity contribution in [2.45, 2.75) is 57.0 Å². The first-order valence-corrected chi connectivity index (χ1v) is 8.46. The van der Waals surface area contributed by atoms with Crippen molar-refractivity contribution in [1.82, 2.24) is 14.1 Å². The van der Waals surface area contributed by atoms with Crippen LogP contribution in [0.5, 0.6) is 0 Å². The maximum Gasteiger partial charge on any atom is 0.246 e. The van der Waals surface area contributed by atoms with Gasteiger partial charge in [-0.3, -0.25) is 4.68 Å². The summed E-state index contributed by atoms with van der Waals surface area (Å²) < 4.78 is 28.6. The molecule has 1 heterocycles. The lowest BCUT2D eigenvalue weighted by Crippen LogP contribution is -2.35. The molecular formula is C13H23N3O3S. The molecule has 0 atom stereocenters. The van der Waals surface area contributed by atoms with E-state index in [0.29, 0.717) is 22.8 Å². The molecule has 0 aliphatic heterocycles. The molecule has 7 heteroatoms. The van der Waals surface area contributed by atoms with Crippen molar-refractivity contribution in [2.75, 3.05) is 13.7 Å². The zero-order chi connectivity index (χ0) is 14.9. The van der Waals surface area contributed by atoms with Crippen LogP contribution in [0.25, 0.3) is 0 Å². The number of rotatable bonds is 5. The molecule has 1 N–H and O–H groups in total. The summed E-state index contributed by atoms with van der Waals surface area (Å²) in [5.41, 5.74) is 1.10. The molecule has 2 rings (SSSR count). The molecule has 1 aromatic rings. The fourth-order valence-corrected chi connectivity index (χ4v) is 4.76. The second-order valence-electron chi connectivity index (χ2n) is 5.41. The van der Waals surface area contributed by atoms with E-state index >= 15 is 0 Å². The SMILES string of the molecule is Cc1nn(CCO)c(C)c1S(=O)(=O)N(C)C1CCCC1. The molecule has 0 spiro atoms. The van der Waals surface area contributed by atoms with Crippen molar-refractivity contribution in [3.05, 3.63) is 11.4 Å². The summed E-state index contributed by atoms with van der Waals surface area (Å²) in [5, 5.41) is 13.2. The van der Waals surface area contributed by atoms with Crippen LogP contribution in [0.3, 0.4) is 0 Å². The number of aliphatic hydroxyl groups is 1. The zero-order valence-corrected chi connectivity index (χ0v) is 13.2. The Balaban J connectivity index is 2.38. The van der Waals surface area contributed by atoms with Crippen LogP contribution >= 0.6 is 0 Å². The van der Waals surface area contributed by atoms with Gasteiger partial charge in [-0.25, -0.2) is 8.42 Å². The van der Waals surface area contributed by atoms with Crippen LogP contribution < -0.4 is 0 Å². The minimum atomic E-state index is -3.51.